The Morgan fingerprint density at radius 1 is 1.27 bits per heavy atom. The molecule has 1 aromatic carbocycles. The third kappa shape index (κ3) is 6.58. The van der Waals surface area contributed by atoms with Crippen LogP contribution in [0.4, 0.5) is 0 Å². The summed E-state index contributed by atoms with van der Waals surface area (Å²) in [7, 11) is 1.23. The summed E-state index contributed by atoms with van der Waals surface area (Å²) in [6, 6.07) is 5.34. The van der Waals surface area contributed by atoms with Crippen molar-refractivity contribution < 1.29 is 24.5 Å². The highest BCUT2D eigenvalue weighted by Crippen LogP contribution is 2.10. The van der Waals surface area contributed by atoms with Gasteiger partial charge >= 0.3 is 5.97 Å². The summed E-state index contributed by atoms with van der Waals surface area (Å²) in [6.45, 7) is 2.77. The van der Waals surface area contributed by atoms with Crippen LogP contribution in [-0.4, -0.2) is 53.5 Å². The fourth-order valence-electron chi connectivity index (χ4n) is 1.85. The number of methoxy groups -OCH3 is 1. The summed E-state index contributed by atoms with van der Waals surface area (Å²) in [5, 5.41) is 20.2. The quantitative estimate of drug-likeness (QED) is 0.412. The van der Waals surface area contributed by atoms with Crippen molar-refractivity contribution in [2.45, 2.75) is 31.5 Å². The fraction of sp³-hybridized carbons (Fsp3) is 0.368. The van der Waals surface area contributed by atoms with Crippen LogP contribution < -0.4 is 11.1 Å². The predicted octanol–water partition coefficient (Wildman–Crippen LogP) is -0.597. The predicted molar refractivity (Wildman–Crippen MR) is 95.7 cm³/mol. The highest BCUT2D eigenvalue weighted by molar-refractivity contribution is 5.97. The molecule has 1 aromatic rings. The molecule has 0 saturated heterocycles. The number of ether oxygens (including phenoxy) is 1. The molecule has 138 valence electrons. The van der Waals surface area contributed by atoms with E-state index in [0.29, 0.717) is 11.1 Å². The van der Waals surface area contributed by atoms with Gasteiger partial charge in [-0.25, -0.2) is 4.79 Å². The minimum Gasteiger partial charge on any atom is -0.467 e. The Bertz CT molecular complexity index is 758. The molecule has 7 heteroatoms. The summed E-state index contributed by atoms with van der Waals surface area (Å²) in [4.78, 5) is 24.1. The average molecular weight is 358 g/mol. The standard InChI is InChI=1S/C19H22N2O5/c1-19(2,20)16(18(25)26-3)21-17(24)14-10-8-13(9-11-14)6-4-5-7-15(23)12-22/h8-11,15-16,22-23H,12,20H2,1-3H3,(H,21,24)/t15-,16?/m1/s1. The van der Waals surface area contributed by atoms with Crippen molar-refractivity contribution in [3.8, 4) is 23.7 Å². The van der Waals surface area contributed by atoms with Gasteiger partial charge in [0.15, 0.2) is 0 Å². The van der Waals surface area contributed by atoms with Crippen LogP contribution in [0.3, 0.4) is 0 Å². The maximum atomic E-state index is 12.3. The summed E-state index contributed by atoms with van der Waals surface area (Å²) in [5.41, 5.74) is 5.87. The second kappa shape index (κ2) is 9.59. The first-order valence-electron chi connectivity index (χ1n) is 7.77. The Hall–Kier alpha value is -2.84. The lowest BCUT2D eigenvalue weighted by atomic mass is 9.95. The molecule has 1 rings (SSSR count). The van der Waals surface area contributed by atoms with Crippen LogP contribution in [0.1, 0.15) is 29.8 Å². The number of nitrogens with two attached hydrogens (primary N) is 1. The van der Waals surface area contributed by atoms with E-state index in [1.165, 1.54) is 7.11 Å². The molecule has 0 heterocycles. The van der Waals surface area contributed by atoms with Crippen LogP contribution in [0.2, 0.25) is 0 Å². The van der Waals surface area contributed by atoms with Crippen molar-refractivity contribution >= 4 is 11.9 Å². The van der Waals surface area contributed by atoms with E-state index in [0.717, 1.165) is 0 Å². The molecule has 0 fully saturated rings. The van der Waals surface area contributed by atoms with Gasteiger partial charge in [-0.05, 0) is 50.0 Å². The lowest BCUT2D eigenvalue weighted by Gasteiger charge is -2.28. The van der Waals surface area contributed by atoms with Gasteiger partial charge in [0.05, 0.1) is 13.7 Å². The number of carbonyl (C=O) groups is 2. The van der Waals surface area contributed by atoms with Crippen LogP contribution in [-0.2, 0) is 9.53 Å². The van der Waals surface area contributed by atoms with E-state index < -0.39 is 36.2 Å². The average Bonchev–Trinajstić information content (AvgIpc) is 2.61. The molecular weight excluding hydrogens is 336 g/mol. The molecule has 1 unspecified atom stereocenters. The van der Waals surface area contributed by atoms with Crippen molar-refractivity contribution in [3.05, 3.63) is 35.4 Å². The van der Waals surface area contributed by atoms with Crippen molar-refractivity contribution in [3.63, 3.8) is 0 Å². The minimum absolute atomic E-state index is 0.329. The van der Waals surface area contributed by atoms with E-state index in [-0.39, 0.29) is 0 Å². The van der Waals surface area contributed by atoms with E-state index in [4.69, 9.17) is 15.9 Å². The number of amides is 1. The summed E-state index contributed by atoms with van der Waals surface area (Å²) in [6.07, 6.45) is -1.12. The Morgan fingerprint density at radius 3 is 2.38 bits per heavy atom. The van der Waals surface area contributed by atoms with Crippen LogP contribution in [0, 0.1) is 23.7 Å². The number of aliphatic hydroxyl groups excluding tert-OH is 2. The van der Waals surface area contributed by atoms with Crippen molar-refractivity contribution in [2.24, 2.45) is 5.73 Å². The molecule has 0 saturated carbocycles. The topological polar surface area (TPSA) is 122 Å². The number of benzene rings is 1. The van der Waals surface area contributed by atoms with E-state index in [1.807, 2.05) is 0 Å². The van der Waals surface area contributed by atoms with Gasteiger partial charge in [0, 0.05) is 16.7 Å². The lowest BCUT2D eigenvalue weighted by Crippen LogP contribution is -2.59. The molecule has 0 aliphatic carbocycles. The fourth-order valence-corrected chi connectivity index (χ4v) is 1.85. The third-order valence-corrected chi connectivity index (χ3v) is 3.28. The smallest absolute Gasteiger partial charge is 0.330 e. The molecule has 0 aliphatic heterocycles. The minimum atomic E-state index is -1.12. The van der Waals surface area contributed by atoms with Gasteiger partial charge in [-0.3, -0.25) is 4.79 Å². The first-order valence-corrected chi connectivity index (χ1v) is 7.77. The molecule has 26 heavy (non-hydrogen) atoms. The molecular formula is C19H22N2O5. The van der Waals surface area contributed by atoms with Crippen molar-refractivity contribution in [1.29, 1.82) is 0 Å². The van der Waals surface area contributed by atoms with E-state index in [2.05, 4.69) is 33.7 Å². The number of nitrogens with one attached hydrogen (secondary N) is 1. The second-order valence-corrected chi connectivity index (χ2v) is 6.05. The van der Waals surface area contributed by atoms with E-state index >= 15 is 0 Å². The first kappa shape index (κ1) is 21.2. The maximum absolute atomic E-state index is 12.3. The first-order chi connectivity index (χ1) is 12.2. The lowest BCUT2D eigenvalue weighted by molar-refractivity contribution is -0.144. The van der Waals surface area contributed by atoms with Gasteiger partial charge in [0.1, 0.15) is 12.1 Å². The summed E-state index contributed by atoms with van der Waals surface area (Å²) >= 11 is 0. The Morgan fingerprint density at radius 2 is 1.88 bits per heavy atom. The highest BCUT2D eigenvalue weighted by atomic mass is 16.5. The molecule has 5 N–H and O–H groups in total. The number of aliphatic hydroxyl groups is 2. The summed E-state index contributed by atoms with van der Waals surface area (Å²) in [5.74, 6) is 8.94. The van der Waals surface area contributed by atoms with Crippen LogP contribution >= 0.6 is 0 Å². The number of hydrogen-bond acceptors (Lipinski definition) is 6. The van der Waals surface area contributed by atoms with E-state index in [1.54, 1.807) is 38.1 Å². The molecule has 0 aliphatic rings. The SMILES string of the molecule is COC(=O)C(NC(=O)c1ccc(C#CC#C[C@@H](O)CO)cc1)C(C)(C)N. The molecule has 0 aromatic heterocycles. The zero-order valence-corrected chi connectivity index (χ0v) is 14.9. The molecule has 1 amide bonds. The van der Waals surface area contributed by atoms with Gasteiger partial charge in [-0.1, -0.05) is 11.8 Å². The van der Waals surface area contributed by atoms with Crippen LogP contribution in [0.15, 0.2) is 24.3 Å². The molecule has 2 atom stereocenters. The van der Waals surface area contributed by atoms with Gasteiger partial charge < -0.3 is 26.0 Å². The maximum Gasteiger partial charge on any atom is 0.330 e. The van der Waals surface area contributed by atoms with Gasteiger partial charge in [-0.15, -0.1) is 0 Å². The Kier molecular flexibility index (Phi) is 7.82. The molecule has 0 bridgehead atoms. The number of carbonyl (C=O) groups excluding carboxylic acids is 2. The largest absolute Gasteiger partial charge is 0.467 e. The molecule has 0 radical (unpaired) electrons. The number of hydrogen-bond donors (Lipinski definition) is 4. The molecule has 7 nitrogen and oxygen atoms in total. The van der Waals surface area contributed by atoms with Gasteiger partial charge in [0.2, 0.25) is 0 Å². The van der Waals surface area contributed by atoms with Crippen LogP contribution in [0.5, 0.6) is 0 Å². The van der Waals surface area contributed by atoms with Crippen LogP contribution in [0.25, 0.3) is 0 Å². The summed E-state index contributed by atoms with van der Waals surface area (Å²) < 4.78 is 4.68. The van der Waals surface area contributed by atoms with Crippen molar-refractivity contribution in [1.82, 2.24) is 5.32 Å². The monoisotopic (exact) mass is 358 g/mol. The number of esters is 1. The zero-order valence-electron chi connectivity index (χ0n) is 14.9. The Labute approximate surface area is 152 Å². The number of rotatable bonds is 5. The molecule has 0 spiro atoms. The second-order valence-electron chi connectivity index (χ2n) is 6.05. The zero-order chi connectivity index (χ0) is 19.7. The van der Waals surface area contributed by atoms with Gasteiger partial charge in [0.25, 0.3) is 5.91 Å². The highest BCUT2D eigenvalue weighted by Gasteiger charge is 2.34. The van der Waals surface area contributed by atoms with Crippen molar-refractivity contribution in [2.75, 3.05) is 13.7 Å². The Balaban J connectivity index is 2.84. The van der Waals surface area contributed by atoms with Gasteiger partial charge in [-0.2, -0.15) is 0 Å². The third-order valence-electron chi connectivity index (χ3n) is 3.28. The normalized spacial score (nSPS) is 12.5. The van der Waals surface area contributed by atoms with E-state index in [9.17, 15) is 9.59 Å².